The monoisotopic (exact) mass is 245 g/mol. The predicted molar refractivity (Wildman–Crippen MR) is 72.0 cm³/mol. The van der Waals surface area contributed by atoms with Gasteiger partial charge in [-0.1, -0.05) is 17.3 Å². The van der Waals surface area contributed by atoms with Crippen LogP contribution in [-0.2, 0) is 0 Å². The summed E-state index contributed by atoms with van der Waals surface area (Å²) >= 11 is 0. The molecule has 0 aromatic heterocycles. The van der Waals surface area contributed by atoms with Crippen molar-refractivity contribution in [1.82, 2.24) is 0 Å². The van der Waals surface area contributed by atoms with E-state index in [4.69, 9.17) is 10.9 Å². The third-order valence-electron chi connectivity index (χ3n) is 3.74. The van der Waals surface area contributed by atoms with Crippen molar-refractivity contribution >= 4 is 11.5 Å². The summed E-state index contributed by atoms with van der Waals surface area (Å²) in [7, 11) is 0. The molecule has 18 heavy (non-hydrogen) atoms. The Morgan fingerprint density at radius 1 is 1.28 bits per heavy atom. The molecule has 3 rings (SSSR count). The van der Waals surface area contributed by atoms with E-state index in [2.05, 4.69) is 16.1 Å². The maximum atomic E-state index is 8.89. The van der Waals surface area contributed by atoms with Gasteiger partial charge >= 0.3 is 0 Å². The lowest BCUT2D eigenvalue weighted by Gasteiger charge is -2.26. The van der Waals surface area contributed by atoms with Gasteiger partial charge in [0, 0.05) is 23.8 Å². The molecular weight excluding hydrogens is 226 g/mol. The summed E-state index contributed by atoms with van der Waals surface area (Å²) in [6.07, 6.45) is 5.21. The Balaban J connectivity index is 1.92. The van der Waals surface area contributed by atoms with Crippen LogP contribution in [0.15, 0.2) is 29.4 Å². The Bertz CT molecular complexity index is 464. The molecule has 96 valence electrons. The first-order chi connectivity index (χ1) is 8.79. The molecule has 0 unspecified atom stereocenters. The topological polar surface area (TPSA) is 61.9 Å². The van der Waals surface area contributed by atoms with Gasteiger partial charge in [-0.3, -0.25) is 0 Å². The third kappa shape index (κ3) is 2.28. The lowest BCUT2D eigenvalue weighted by atomic mass is 10.1. The van der Waals surface area contributed by atoms with Crippen LogP contribution < -0.4 is 10.6 Å². The molecular formula is C14H19N3O. The molecule has 1 aromatic carbocycles. The SMILES string of the molecule is NC(=NO)c1ccccc1N(CC1CC1)C1CC1. The normalized spacial score (nSPS) is 19.9. The van der Waals surface area contributed by atoms with Crippen LogP contribution in [0.5, 0.6) is 0 Å². The quantitative estimate of drug-likeness (QED) is 0.362. The maximum Gasteiger partial charge on any atom is 0.172 e. The number of oxime groups is 1. The Morgan fingerprint density at radius 2 is 2.00 bits per heavy atom. The smallest absolute Gasteiger partial charge is 0.172 e. The average Bonchev–Trinajstić information content (AvgIpc) is 3.28. The van der Waals surface area contributed by atoms with Crippen LogP contribution in [0.3, 0.4) is 0 Å². The summed E-state index contributed by atoms with van der Waals surface area (Å²) in [5, 5.41) is 12.0. The summed E-state index contributed by atoms with van der Waals surface area (Å²) in [5.41, 5.74) is 7.73. The van der Waals surface area contributed by atoms with Gasteiger partial charge in [0.15, 0.2) is 5.84 Å². The standard InChI is InChI=1S/C14H19N3O/c15-14(16-18)12-3-1-2-4-13(12)17(11-7-8-11)9-10-5-6-10/h1-4,10-11,18H,5-9H2,(H2,15,16). The number of nitrogens with two attached hydrogens (primary N) is 1. The molecule has 0 saturated heterocycles. The summed E-state index contributed by atoms with van der Waals surface area (Å²) < 4.78 is 0. The van der Waals surface area contributed by atoms with Crippen molar-refractivity contribution in [1.29, 1.82) is 0 Å². The van der Waals surface area contributed by atoms with E-state index in [0.29, 0.717) is 6.04 Å². The molecule has 0 amide bonds. The van der Waals surface area contributed by atoms with Gasteiger partial charge in [0.05, 0.1) is 0 Å². The highest BCUT2D eigenvalue weighted by Gasteiger charge is 2.34. The minimum Gasteiger partial charge on any atom is -0.409 e. The second-order valence-electron chi connectivity index (χ2n) is 5.33. The van der Waals surface area contributed by atoms with E-state index in [1.54, 1.807) is 0 Å². The third-order valence-corrected chi connectivity index (χ3v) is 3.74. The highest BCUT2D eigenvalue weighted by molar-refractivity contribution is 6.02. The number of anilines is 1. The van der Waals surface area contributed by atoms with Gasteiger partial charge in [-0.15, -0.1) is 0 Å². The zero-order valence-corrected chi connectivity index (χ0v) is 10.4. The van der Waals surface area contributed by atoms with Crippen LogP contribution in [0, 0.1) is 5.92 Å². The molecule has 0 heterocycles. The molecule has 4 nitrogen and oxygen atoms in total. The van der Waals surface area contributed by atoms with Gasteiger partial charge in [0.1, 0.15) is 0 Å². The van der Waals surface area contributed by atoms with Crippen LogP contribution in [0.4, 0.5) is 5.69 Å². The van der Waals surface area contributed by atoms with Gasteiger partial charge in [-0.25, -0.2) is 0 Å². The first-order valence-electron chi connectivity index (χ1n) is 6.63. The van der Waals surface area contributed by atoms with E-state index >= 15 is 0 Å². The van der Waals surface area contributed by atoms with E-state index in [1.807, 2.05) is 18.2 Å². The Hall–Kier alpha value is -1.71. The van der Waals surface area contributed by atoms with Crippen molar-refractivity contribution in [3.05, 3.63) is 29.8 Å². The first-order valence-corrected chi connectivity index (χ1v) is 6.63. The molecule has 4 heteroatoms. The van der Waals surface area contributed by atoms with E-state index < -0.39 is 0 Å². The zero-order chi connectivity index (χ0) is 12.5. The number of nitrogens with zero attached hydrogens (tertiary/aromatic N) is 2. The second kappa shape index (κ2) is 4.52. The number of hydrogen-bond donors (Lipinski definition) is 2. The van der Waals surface area contributed by atoms with Gasteiger partial charge in [-0.05, 0) is 43.7 Å². The Kier molecular flexibility index (Phi) is 2.86. The minimum atomic E-state index is 0.201. The minimum absolute atomic E-state index is 0.201. The van der Waals surface area contributed by atoms with Crippen molar-refractivity contribution in [2.75, 3.05) is 11.4 Å². The van der Waals surface area contributed by atoms with E-state index in [9.17, 15) is 0 Å². The van der Waals surface area contributed by atoms with Crippen LogP contribution in [0.1, 0.15) is 31.2 Å². The fourth-order valence-corrected chi connectivity index (χ4v) is 2.40. The lowest BCUT2D eigenvalue weighted by Crippen LogP contribution is -2.30. The van der Waals surface area contributed by atoms with Crippen LogP contribution in [0.25, 0.3) is 0 Å². The fourth-order valence-electron chi connectivity index (χ4n) is 2.40. The summed E-state index contributed by atoms with van der Waals surface area (Å²) in [4.78, 5) is 2.45. The molecule has 0 spiro atoms. The van der Waals surface area contributed by atoms with Gasteiger partial charge in [-0.2, -0.15) is 0 Å². The first kappa shape index (κ1) is 11.4. The Morgan fingerprint density at radius 3 is 2.61 bits per heavy atom. The number of rotatable bonds is 5. The predicted octanol–water partition coefficient (Wildman–Crippen LogP) is 2.16. The molecule has 2 aliphatic carbocycles. The summed E-state index contributed by atoms with van der Waals surface area (Å²) in [5.74, 6) is 1.04. The van der Waals surface area contributed by atoms with E-state index in [0.717, 1.165) is 23.7 Å². The van der Waals surface area contributed by atoms with Crippen LogP contribution in [0.2, 0.25) is 0 Å². The molecule has 2 saturated carbocycles. The molecule has 0 radical (unpaired) electrons. The van der Waals surface area contributed by atoms with Gasteiger partial charge < -0.3 is 15.8 Å². The van der Waals surface area contributed by atoms with E-state index in [1.165, 1.54) is 25.7 Å². The maximum absolute atomic E-state index is 8.89. The number of hydrogen-bond acceptors (Lipinski definition) is 3. The number of benzene rings is 1. The van der Waals surface area contributed by atoms with Crippen molar-refractivity contribution in [2.45, 2.75) is 31.7 Å². The fraction of sp³-hybridized carbons (Fsp3) is 0.500. The van der Waals surface area contributed by atoms with Crippen molar-refractivity contribution in [2.24, 2.45) is 16.8 Å². The Labute approximate surface area is 107 Å². The molecule has 1 aromatic rings. The van der Waals surface area contributed by atoms with Gasteiger partial charge in [0.2, 0.25) is 0 Å². The highest BCUT2D eigenvalue weighted by Crippen LogP contribution is 2.38. The molecule has 3 N–H and O–H groups in total. The highest BCUT2D eigenvalue weighted by atomic mass is 16.4. The van der Waals surface area contributed by atoms with Crippen LogP contribution in [-0.4, -0.2) is 23.6 Å². The zero-order valence-electron chi connectivity index (χ0n) is 10.4. The molecule has 0 aliphatic heterocycles. The lowest BCUT2D eigenvalue weighted by molar-refractivity contribution is 0.318. The summed E-state index contributed by atoms with van der Waals surface area (Å²) in [6, 6.07) is 8.60. The largest absolute Gasteiger partial charge is 0.409 e. The summed E-state index contributed by atoms with van der Waals surface area (Å²) in [6.45, 7) is 1.11. The second-order valence-corrected chi connectivity index (χ2v) is 5.33. The molecule has 0 atom stereocenters. The number of amidine groups is 1. The number of para-hydroxylation sites is 1. The molecule has 0 bridgehead atoms. The molecule has 2 fully saturated rings. The van der Waals surface area contributed by atoms with Crippen molar-refractivity contribution in [3.63, 3.8) is 0 Å². The average molecular weight is 245 g/mol. The van der Waals surface area contributed by atoms with Crippen LogP contribution >= 0.6 is 0 Å². The van der Waals surface area contributed by atoms with Crippen molar-refractivity contribution < 1.29 is 5.21 Å². The van der Waals surface area contributed by atoms with Gasteiger partial charge in [0.25, 0.3) is 0 Å². The van der Waals surface area contributed by atoms with Crippen molar-refractivity contribution in [3.8, 4) is 0 Å². The molecule has 2 aliphatic rings. The van der Waals surface area contributed by atoms with E-state index in [-0.39, 0.29) is 5.84 Å².